The van der Waals surface area contributed by atoms with Gasteiger partial charge in [-0.05, 0) is 37.1 Å². The van der Waals surface area contributed by atoms with Crippen LogP contribution in [0.1, 0.15) is 16.9 Å². The van der Waals surface area contributed by atoms with E-state index in [-0.39, 0.29) is 5.91 Å². The summed E-state index contributed by atoms with van der Waals surface area (Å²) >= 11 is 0. The molecule has 1 saturated heterocycles. The molecular weight excluding hydrogens is 310 g/mol. The minimum Gasteiger partial charge on any atom is -0.486 e. The summed E-state index contributed by atoms with van der Waals surface area (Å²) in [6.07, 6.45) is 2.23. The van der Waals surface area contributed by atoms with Crippen molar-refractivity contribution < 1.29 is 18.7 Å². The van der Waals surface area contributed by atoms with Gasteiger partial charge in [0.05, 0.1) is 0 Å². The number of nitrogens with zero attached hydrogens (tertiary/aromatic N) is 2. The summed E-state index contributed by atoms with van der Waals surface area (Å²) in [5, 5.41) is 0. The molecule has 0 saturated carbocycles. The number of hydrogen-bond acceptors (Lipinski definition) is 6. The highest BCUT2D eigenvalue weighted by atomic mass is 16.6. The zero-order valence-electron chi connectivity index (χ0n) is 13.2. The topological polar surface area (TPSA) is 90.8 Å². The quantitative estimate of drug-likeness (QED) is 0.918. The second-order valence-corrected chi connectivity index (χ2v) is 6.03. The van der Waals surface area contributed by atoms with E-state index in [4.69, 9.17) is 19.6 Å². The lowest BCUT2D eigenvalue weighted by Crippen LogP contribution is -2.30. The van der Waals surface area contributed by atoms with Crippen LogP contribution >= 0.6 is 0 Å². The lowest BCUT2D eigenvalue weighted by Gasteiger charge is -2.19. The second kappa shape index (κ2) is 6.16. The number of carbonyl (C=O) groups excluding carboxylic acids is 1. The van der Waals surface area contributed by atoms with Gasteiger partial charge in [0.1, 0.15) is 13.2 Å². The summed E-state index contributed by atoms with van der Waals surface area (Å²) in [7, 11) is 0. The van der Waals surface area contributed by atoms with Crippen molar-refractivity contribution in [1.29, 1.82) is 0 Å². The van der Waals surface area contributed by atoms with Crippen molar-refractivity contribution in [2.24, 2.45) is 11.7 Å². The molecule has 2 aliphatic rings. The summed E-state index contributed by atoms with van der Waals surface area (Å²) in [5.41, 5.74) is 6.77. The van der Waals surface area contributed by atoms with Gasteiger partial charge in [0.2, 0.25) is 0 Å². The number of hydrogen-bond donors (Lipinski definition) is 1. The third kappa shape index (κ3) is 2.60. The molecule has 126 valence electrons. The standard InChI is InChI=1S/C17H19N3O4/c18-8-11-3-4-20(9-11)17(21)15-16(24-10-19-15)12-1-2-13-14(7-12)23-6-5-22-13/h1-2,7,10-11H,3-6,8-9,18H2/t11-/m0/s1. The van der Waals surface area contributed by atoms with E-state index in [1.54, 1.807) is 4.90 Å². The smallest absolute Gasteiger partial charge is 0.276 e. The van der Waals surface area contributed by atoms with Crippen LogP contribution in [0.4, 0.5) is 0 Å². The van der Waals surface area contributed by atoms with Crippen LogP contribution < -0.4 is 15.2 Å². The monoisotopic (exact) mass is 329 g/mol. The highest BCUT2D eigenvalue weighted by Gasteiger charge is 2.30. The highest BCUT2D eigenvalue weighted by Crippen LogP contribution is 2.35. The number of fused-ring (bicyclic) bond motifs is 1. The number of amides is 1. The largest absolute Gasteiger partial charge is 0.486 e. The molecule has 1 aromatic heterocycles. The Labute approximate surface area is 139 Å². The van der Waals surface area contributed by atoms with E-state index in [0.29, 0.717) is 61.7 Å². The Kier molecular flexibility index (Phi) is 3.86. The minimum absolute atomic E-state index is 0.121. The first kappa shape index (κ1) is 15.0. The third-order valence-electron chi connectivity index (χ3n) is 4.48. The molecule has 0 aliphatic carbocycles. The van der Waals surface area contributed by atoms with Gasteiger partial charge in [-0.1, -0.05) is 0 Å². The fourth-order valence-corrected chi connectivity index (χ4v) is 3.15. The Balaban J connectivity index is 1.62. The normalized spacial score (nSPS) is 19.5. The maximum absolute atomic E-state index is 12.8. The number of carbonyl (C=O) groups is 1. The van der Waals surface area contributed by atoms with Crippen molar-refractivity contribution in [2.75, 3.05) is 32.8 Å². The summed E-state index contributed by atoms with van der Waals surface area (Å²) < 4.78 is 16.6. The van der Waals surface area contributed by atoms with Gasteiger partial charge in [-0.3, -0.25) is 4.79 Å². The minimum atomic E-state index is -0.121. The highest BCUT2D eigenvalue weighted by molar-refractivity contribution is 5.97. The van der Waals surface area contributed by atoms with E-state index in [9.17, 15) is 4.79 Å². The first-order valence-corrected chi connectivity index (χ1v) is 8.09. The number of likely N-dealkylation sites (tertiary alicyclic amines) is 1. The van der Waals surface area contributed by atoms with Gasteiger partial charge in [0, 0.05) is 18.7 Å². The number of aromatic nitrogens is 1. The van der Waals surface area contributed by atoms with Crippen LogP contribution in [0.3, 0.4) is 0 Å². The first-order valence-electron chi connectivity index (χ1n) is 8.09. The molecule has 1 amide bonds. The van der Waals surface area contributed by atoms with Crippen LogP contribution in [-0.2, 0) is 0 Å². The molecule has 0 bridgehead atoms. The van der Waals surface area contributed by atoms with Crippen LogP contribution in [0, 0.1) is 5.92 Å². The maximum Gasteiger partial charge on any atom is 0.276 e. The Morgan fingerprint density at radius 3 is 2.92 bits per heavy atom. The maximum atomic E-state index is 12.8. The SMILES string of the molecule is NC[C@@H]1CCN(C(=O)c2ncoc2-c2ccc3c(c2)OCCO3)C1. The van der Waals surface area contributed by atoms with E-state index in [1.807, 2.05) is 18.2 Å². The van der Waals surface area contributed by atoms with Crippen LogP contribution in [-0.4, -0.2) is 48.6 Å². The molecule has 0 unspecified atom stereocenters. The van der Waals surface area contributed by atoms with Gasteiger partial charge in [-0.2, -0.15) is 0 Å². The van der Waals surface area contributed by atoms with Crippen LogP contribution in [0.15, 0.2) is 29.0 Å². The molecule has 7 nitrogen and oxygen atoms in total. The molecule has 1 aromatic carbocycles. The van der Waals surface area contributed by atoms with E-state index in [2.05, 4.69) is 4.98 Å². The molecule has 7 heteroatoms. The van der Waals surface area contributed by atoms with Gasteiger partial charge in [-0.25, -0.2) is 4.98 Å². The Hall–Kier alpha value is -2.54. The number of rotatable bonds is 3. The molecule has 2 N–H and O–H groups in total. The van der Waals surface area contributed by atoms with Crippen molar-refractivity contribution in [2.45, 2.75) is 6.42 Å². The third-order valence-corrected chi connectivity index (χ3v) is 4.48. The predicted molar refractivity (Wildman–Crippen MR) is 86.0 cm³/mol. The Bertz CT molecular complexity index is 758. The number of oxazole rings is 1. The summed E-state index contributed by atoms with van der Waals surface area (Å²) in [6, 6.07) is 5.48. The van der Waals surface area contributed by atoms with Crippen molar-refractivity contribution in [3.05, 3.63) is 30.3 Å². The molecule has 2 aliphatic heterocycles. The van der Waals surface area contributed by atoms with Crippen molar-refractivity contribution in [3.63, 3.8) is 0 Å². The summed E-state index contributed by atoms with van der Waals surface area (Å²) in [4.78, 5) is 18.7. The number of nitrogens with two attached hydrogens (primary N) is 1. The van der Waals surface area contributed by atoms with Gasteiger partial charge in [0.25, 0.3) is 5.91 Å². The van der Waals surface area contributed by atoms with E-state index in [0.717, 1.165) is 12.0 Å². The molecule has 0 spiro atoms. The average molecular weight is 329 g/mol. The van der Waals surface area contributed by atoms with Gasteiger partial charge in [-0.15, -0.1) is 0 Å². The second-order valence-electron chi connectivity index (χ2n) is 6.03. The summed E-state index contributed by atoms with van der Waals surface area (Å²) in [5.74, 6) is 2.04. The number of ether oxygens (including phenoxy) is 2. The molecule has 1 atom stereocenters. The Morgan fingerprint density at radius 2 is 2.12 bits per heavy atom. The van der Waals surface area contributed by atoms with Gasteiger partial charge >= 0.3 is 0 Å². The van der Waals surface area contributed by atoms with Gasteiger partial charge in [0.15, 0.2) is 29.3 Å². The van der Waals surface area contributed by atoms with Gasteiger partial charge < -0.3 is 24.5 Å². The lowest BCUT2D eigenvalue weighted by atomic mass is 10.1. The number of benzene rings is 1. The molecule has 24 heavy (non-hydrogen) atoms. The Morgan fingerprint density at radius 1 is 1.29 bits per heavy atom. The molecule has 3 heterocycles. The van der Waals surface area contributed by atoms with E-state index < -0.39 is 0 Å². The van der Waals surface area contributed by atoms with Crippen LogP contribution in [0.2, 0.25) is 0 Å². The van der Waals surface area contributed by atoms with Crippen LogP contribution in [0.5, 0.6) is 11.5 Å². The summed E-state index contributed by atoms with van der Waals surface area (Å²) in [6.45, 7) is 3.01. The van der Waals surface area contributed by atoms with Crippen molar-refractivity contribution in [3.8, 4) is 22.8 Å². The predicted octanol–water partition coefficient (Wildman–Crippen LogP) is 1.53. The average Bonchev–Trinajstić information content (AvgIpc) is 3.30. The van der Waals surface area contributed by atoms with Crippen molar-refractivity contribution >= 4 is 5.91 Å². The van der Waals surface area contributed by atoms with E-state index in [1.165, 1.54) is 6.39 Å². The van der Waals surface area contributed by atoms with E-state index >= 15 is 0 Å². The molecular formula is C17H19N3O4. The molecule has 4 rings (SSSR count). The lowest BCUT2D eigenvalue weighted by molar-refractivity contribution is 0.0783. The molecule has 2 aromatic rings. The fraction of sp³-hybridized carbons (Fsp3) is 0.412. The van der Waals surface area contributed by atoms with Crippen molar-refractivity contribution in [1.82, 2.24) is 9.88 Å². The fourth-order valence-electron chi connectivity index (χ4n) is 3.15. The zero-order chi connectivity index (χ0) is 16.5. The molecule has 1 fully saturated rings. The first-order chi connectivity index (χ1) is 11.8. The van der Waals surface area contributed by atoms with Crippen LogP contribution in [0.25, 0.3) is 11.3 Å². The molecule has 0 radical (unpaired) electrons. The zero-order valence-corrected chi connectivity index (χ0v) is 13.2.